The molecule has 4 aliphatic rings. The van der Waals surface area contributed by atoms with Gasteiger partial charge in [0, 0.05) is 25.3 Å². The molecule has 6 atom stereocenters. The second kappa shape index (κ2) is 9.19. The van der Waals surface area contributed by atoms with Crippen molar-refractivity contribution in [3.8, 4) is 0 Å². The summed E-state index contributed by atoms with van der Waals surface area (Å²) in [7, 11) is 0. The van der Waals surface area contributed by atoms with Gasteiger partial charge in [-0.25, -0.2) is 10.9 Å². The molecule has 0 heterocycles. The number of hydrazone groups is 2. The Bertz CT molecular complexity index is 578. The van der Waals surface area contributed by atoms with E-state index < -0.39 is 0 Å². The molecule has 4 saturated carbocycles. The van der Waals surface area contributed by atoms with Crippen molar-refractivity contribution in [2.24, 2.45) is 45.7 Å². The Labute approximate surface area is 168 Å². The summed E-state index contributed by atoms with van der Waals surface area (Å²) in [6.45, 7) is 0. The number of carbonyl (C=O) groups excluding carboxylic acids is 2. The molecule has 6 heteroatoms. The van der Waals surface area contributed by atoms with E-state index in [9.17, 15) is 9.59 Å². The molecular weight excluding hydrogens is 352 g/mol. The highest BCUT2D eigenvalue weighted by Crippen LogP contribution is 2.48. The van der Waals surface area contributed by atoms with Gasteiger partial charge in [0.2, 0.25) is 11.8 Å². The summed E-state index contributed by atoms with van der Waals surface area (Å²) in [4.78, 5) is 23.7. The normalized spacial score (nSPS) is 36.0. The fourth-order valence-corrected chi connectivity index (χ4v) is 6.05. The zero-order valence-electron chi connectivity index (χ0n) is 16.8. The highest BCUT2D eigenvalue weighted by molar-refractivity contribution is 5.78. The van der Waals surface area contributed by atoms with Crippen molar-refractivity contribution >= 4 is 24.2 Å². The first-order valence-corrected chi connectivity index (χ1v) is 11.3. The van der Waals surface area contributed by atoms with Crippen LogP contribution in [0.4, 0.5) is 0 Å². The van der Waals surface area contributed by atoms with Gasteiger partial charge in [-0.1, -0.05) is 12.8 Å². The topological polar surface area (TPSA) is 82.9 Å². The van der Waals surface area contributed by atoms with Crippen LogP contribution in [0.5, 0.6) is 0 Å². The van der Waals surface area contributed by atoms with Crippen molar-refractivity contribution in [3.63, 3.8) is 0 Å². The summed E-state index contributed by atoms with van der Waals surface area (Å²) in [5.41, 5.74) is 5.28. The van der Waals surface area contributed by atoms with E-state index in [2.05, 4.69) is 21.1 Å². The van der Waals surface area contributed by atoms with Crippen LogP contribution in [0.2, 0.25) is 0 Å². The molecule has 154 valence electrons. The SMILES string of the molecule is O=C(CCCCC(=O)N/N=C/C1CC2CCC1C2)N/N=C/C1CC2CCC1C2. The number of amides is 2. The highest BCUT2D eigenvalue weighted by atomic mass is 16.2. The number of nitrogens with zero attached hydrogens (tertiary/aromatic N) is 2. The van der Waals surface area contributed by atoms with Crippen LogP contribution in [0.1, 0.15) is 77.0 Å². The van der Waals surface area contributed by atoms with Gasteiger partial charge in [-0.3, -0.25) is 9.59 Å². The van der Waals surface area contributed by atoms with Crippen molar-refractivity contribution < 1.29 is 9.59 Å². The number of rotatable bonds is 9. The third kappa shape index (κ3) is 5.00. The van der Waals surface area contributed by atoms with E-state index in [1.165, 1.54) is 51.4 Å². The van der Waals surface area contributed by atoms with Gasteiger partial charge in [-0.05, 0) is 86.9 Å². The van der Waals surface area contributed by atoms with E-state index >= 15 is 0 Å². The van der Waals surface area contributed by atoms with E-state index in [0.29, 0.717) is 37.5 Å². The van der Waals surface area contributed by atoms with Crippen molar-refractivity contribution in [2.75, 3.05) is 0 Å². The molecule has 4 fully saturated rings. The van der Waals surface area contributed by atoms with Crippen LogP contribution < -0.4 is 10.9 Å². The number of nitrogens with one attached hydrogen (secondary N) is 2. The third-order valence-corrected chi connectivity index (χ3v) is 7.55. The lowest BCUT2D eigenvalue weighted by molar-refractivity contribution is -0.123. The van der Waals surface area contributed by atoms with Crippen molar-refractivity contribution in [1.82, 2.24) is 10.9 Å². The summed E-state index contributed by atoms with van der Waals surface area (Å²) < 4.78 is 0. The Balaban J connectivity index is 1.03. The average molecular weight is 387 g/mol. The molecule has 0 aromatic carbocycles. The molecule has 0 aromatic heterocycles. The number of hydrogen-bond acceptors (Lipinski definition) is 4. The van der Waals surface area contributed by atoms with Gasteiger partial charge in [0.25, 0.3) is 0 Å². The summed E-state index contributed by atoms with van der Waals surface area (Å²) >= 11 is 0. The van der Waals surface area contributed by atoms with E-state index in [1.54, 1.807) is 0 Å². The minimum atomic E-state index is -0.0610. The maximum Gasteiger partial charge on any atom is 0.240 e. The zero-order valence-corrected chi connectivity index (χ0v) is 16.8. The summed E-state index contributed by atoms with van der Waals surface area (Å²) in [5, 5.41) is 8.31. The number of fused-ring (bicyclic) bond motifs is 4. The minimum absolute atomic E-state index is 0.0610. The van der Waals surface area contributed by atoms with Crippen LogP contribution in [0.25, 0.3) is 0 Å². The first kappa shape index (κ1) is 19.6. The molecule has 4 bridgehead atoms. The molecule has 28 heavy (non-hydrogen) atoms. The van der Waals surface area contributed by atoms with E-state index in [0.717, 1.165) is 23.7 Å². The predicted molar refractivity (Wildman–Crippen MR) is 110 cm³/mol. The molecule has 0 aromatic rings. The average Bonchev–Trinajstić information content (AvgIpc) is 3.46. The van der Waals surface area contributed by atoms with Gasteiger partial charge in [0.15, 0.2) is 0 Å². The number of unbranched alkanes of at least 4 members (excludes halogenated alkanes) is 1. The Morgan fingerprint density at radius 3 is 1.54 bits per heavy atom. The fourth-order valence-electron chi connectivity index (χ4n) is 6.05. The Morgan fingerprint density at radius 1 is 0.714 bits per heavy atom. The molecule has 4 aliphatic carbocycles. The van der Waals surface area contributed by atoms with Crippen LogP contribution in [0, 0.1) is 35.5 Å². The van der Waals surface area contributed by atoms with E-state index in [4.69, 9.17) is 0 Å². The Morgan fingerprint density at radius 2 is 1.18 bits per heavy atom. The second-order valence-electron chi connectivity index (χ2n) is 9.51. The molecule has 2 N–H and O–H groups in total. The smallest absolute Gasteiger partial charge is 0.240 e. The standard InChI is InChI=1S/C22H34N4O2/c27-21(25-23-13-19-11-15-5-7-17(19)9-15)3-1-2-4-22(28)26-24-14-20-12-16-6-8-18(20)10-16/h13-20H,1-12H2,(H,25,27)(H,26,28)/b23-13+,24-14+. The van der Waals surface area contributed by atoms with Gasteiger partial charge in [-0.2, -0.15) is 10.2 Å². The first-order chi connectivity index (χ1) is 13.7. The van der Waals surface area contributed by atoms with Gasteiger partial charge in [-0.15, -0.1) is 0 Å². The van der Waals surface area contributed by atoms with E-state index in [-0.39, 0.29) is 11.8 Å². The second-order valence-corrected chi connectivity index (χ2v) is 9.51. The molecule has 6 unspecified atom stereocenters. The molecule has 2 amide bonds. The molecule has 4 rings (SSSR count). The minimum Gasteiger partial charge on any atom is -0.273 e. The molecule has 0 radical (unpaired) electrons. The van der Waals surface area contributed by atoms with Crippen molar-refractivity contribution in [1.29, 1.82) is 0 Å². The largest absolute Gasteiger partial charge is 0.273 e. The molecular formula is C22H34N4O2. The fraction of sp³-hybridized carbons (Fsp3) is 0.818. The molecule has 6 nitrogen and oxygen atoms in total. The Hall–Kier alpha value is -1.72. The quantitative estimate of drug-likeness (QED) is 0.360. The maximum absolute atomic E-state index is 11.9. The number of hydrogen-bond donors (Lipinski definition) is 2. The van der Waals surface area contributed by atoms with Crippen molar-refractivity contribution in [2.45, 2.75) is 77.0 Å². The summed E-state index contributed by atoms with van der Waals surface area (Å²) in [6.07, 6.45) is 16.7. The van der Waals surface area contributed by atoms with Gasteiger partial charge < -0.3 is 0 Å². The monoisotopic (exact) mass is 386 g/mol. The van der Waals surface area contributed by atoms with Crippen molar-refractivity contribution in [3.05, 3.63) is 0 Å². The van der Waals surface area contributed by atoms with Gasteiger partial charge in [0.1, 0.15) is 0 Å². The molecule has 0 saturated heterocycles. The van der Waals surface area contributed by atoms with Crippen LogP contribution in [-0.2, 0) is 9.59 Å². The molecule has 0 aliphatic heterocycles. The number of carbonyl (C=O) groups is 2. The van der Waals surface area contributed by atoms with Crippen LogP contribution >= 0.6 is 0 Å². The van der Waals surface area contributed by atoms with Crippen LogP contribution in [-0.4, -0.2) is 24.2 Å². The first-order valence-electron chi connectivity index (χ1n) is 11.3. The van der Waals surface area contributed by atoms with E-state index in [1.807, 2.05) is 12.4 Å². The van der Waals surface area contributed by atoms with Crippen LogP contribution in [0.3, 0.4) is 0 Å². The van der Waals surface area contributed by atoms with Gasteiger partial charge in [0.05, 0.1) is 0 Å². The lowest BCUT2D eigenvalue weighted by atomic mass is 9.90. The molecule has 0 spiro atoms. The lowest BCUT2D eigenvalue weighted by Gasteiger charge is -2.16. The highest BCUT2D eigenvalue weighted by Gasteiger charge is 2.39. The third-order valence-electron chi connectivity index (χ3n) is 7.55. The zero-order chi connectivity index (χ0) is 19.3. The lowest BCUT2D eigenvalue weighted by Crippen LogP contribution is -2.21. The van der Waals surface area contributed by atoms with Gasteiger partial charge >= 0.3 is 0 Å². The maximum atomic E-state index is 11.9. The van der Waals surface area contributed by atoms with Crippen LogP contribution in [0.15, 0.2) is 10.2 Å². The summed E-state index contributed by atoms with van der Waals surface area (Å²) in [5.74, 6) is 4.35. The summed E-state index contributed by atoms with van der Waals surface area (Å²) in [6, 6.07) is 0. The Kier molecular flexibility index (Phi) is 6.43. The predicted octanol–water partition coefficient (Wildman–Crippen LogP) is 3.62.